The van der Waals surface area contributed by atoms with E-state index in [2.05, 4.69) is 4.98 Å². The van der Waals surface area contributed by atoms with Crippen molar-refractivity contribution in [3.05, 3.63) is 77.0 Å². The summed E-state index contributed by atoms with van der Waals surface area (Å²) in [7, 11) is 3.09. The number of benzene rings is 2. The van der Waals surface area contributed by atoms with E-state index >= 15 is 4.39 Å². The van der Waals surface area contributed by atoms with Gasteiger partial charge in [0.15, 0.2) is 11.6 Å². The van der Waals surface area contributed by atoms with E-state index in [1.54, 1.807) is 37.4 Å². The number of methoxy groups -OCH3 is 2. The topological polar surface area (TPSA) is 77.9 Å². The number of carboxylic acids is 1. The summed E-state index contributed by atoms with van der Waals surface area (Å²) in [4.78, 5) is 15.4. The summed E-state index contributed by atoms with van der Waals surface area (Å²) in [5.74, 6) is -1.56. The quantitative estimate of drug-likeness (QED) is 0.248. The molecule has 0 bridgehead atoms. The number of ether oxygens (including phenoxy) is 3. The molecule has 0 saturated heterocycles. The Morgan fingerprint density at radius 2 is 1.82 bits per heavy atom. The highest BCUT2D eigenvalue weighted by molar-refractivity contribution is 5.70. The maximum absolute atomic E-state index is 15.6. The van der Waals surface area contributed by atoms with Crippen molar-refractivity contribution in [3.8, 4) is 22.8 Å². The molecule has 1 aromatic heterocycles. The highest BCUT2D eigenvalue weighted by atomic mass is 19.1. The Bertz CT molecular complexity index is 1350. The number of hydrogen-bond acceptors (Lipinski definition) is 5. The molecule has 6 nitrogen and oxygen atoms in total. The maximum Gasteiger partial charge on any atom is 0.303 e. The monoisotopic (exact) mass is 553 g/mol. The van der Waals surface area contributed by atoms with Crippen LogP contribution in [0.3, 0.4) is 0 Å². The van der Waals surface area contributed by atoms with Gasteiger partial charge in [-0.25, -0.2) is 13.8 Å². The van der Waals surface area contributed by atoms with Crippen molar-refractivity contribution < 1.29 is 32.9 Å². The third-order valence-corrected chi connectivity index (χ3v) is 7.31. The van der Waals surface area contributed by atoms with E-state index in [0.717, 1.165) is 30.2 Å². The molecule has 3 aromatic rings. The molecule has 0 radical (unpaired) electrons. The van der Waals surface area contributed by atoms with Crippen molar-refractivity contribution in [1.82, 2.24) is 4.98 Å². The van der Waals surface area contributed by atoms with Crippen molar-refractivity contribution in [3.63, 3.8) is 0 Å². The SMILES string of the molecule is COc1cc(-c2ccc(COc3cccc([C@H](CC(=O)O)CC4CC4)c3F)cc2[C@H](OC)C(C)(C)C)c(F)cn1. The molecule has 2 atom stereocenters. The smallest absolute Gasteiger partial charge is 0.303 e. The summed E-state index contributed by atoms with van der Waals surface area (Å²) in [6.07, 6.45) is 3.38. The van der Waals surface area contributed by atoms with Gasteiger partial charge in [-0.1, -0.05) is 57.9 Å². The fourth-order valence-electron chi connectivity index (χ4n) is 5.25. The number of carboxylic acid groups (broad SMARTS) is 1. The summed E-state index contributed by atoms with van der Waals surface area (Å²) in [6, 6.07) is 11.9. The molecule has 0 unspecified atom stereocenters. The number of rotatable bonds is 12. The van der Waals surface area contributed by atoms with E-state index in [9.17, 15) is 14.3 Å². The third kappa shape index (κ3) is 6.97. The summed E-state index contributed by atoms with van der Waals surface area (Å²) in [5, 5.41) is 9.39. The van der Waals surface area contributed by atoms with Gasteiger partial charge in [0.2, 0.25) is 5.88 Å². The molecule has 4 rings (SSSR count). The van der Waals surface area contributed by atoms with E-state index in [0.29, 0.717) is 29.0 Å². The van der Waals surface area contributed by atoms with Gasteiger partial charge in [-0.15, -0.1) is 0 Å². The lowest BCUT2D eigenvalue weighted by molar-refractivity contribution is -0.137. The van der Waals surface area contributed by atoms with Crippen LogP contribution in [0.4, 0.5) is 8.78 Å². The van der Waals surface area contributed by atoms with Crippen LogP contribution in [0.1, 0.15) is 75.2 Å². The Morgan fingerprint density at radius 1 is 1.07 bits per heavy atom. The van der Waals surface area contributed by atoms with E-state index in [1.165, 1.54) is 7.11 Å². The third-order valence-electron chi connectivity index (χ3n) is 7.31. The minimum atomic E-state index is -0.946. The molecule has 214 valence electrons. The second kappa shape index (κ2) is 12.3. The number of hydrogen-bond donors (Lipinski definition) is 1. The number of halogens is 2. The number of aromatic nitrogens is 1. The predicted molar refractivity (Wildman–Crippen MR) is 148 cm³/mol. The zero-order valence-corrected chi connectivity index (χ0v) is 23.7. The molecule has 0 aliphatic heterocycles. The van der Waals surface area contributed by atoms with Gasteiger partial charge in [-0.05, 0) is 58.1 Å². The fraction of sp³-hybridized carbons (Fsp3) is 0.438. The first kappa shape index (κ1) is 29.5. The molecule has 40 heavy (non-hydrogen) atoms. The lowest BCUT2D eigenvalue weighted by atomic mass is 9.81. The number of carbonyl (C=O) groups is 1. The molecule has 1 N–H and O–H groups in total. The van der Waals surface area contributed by atoms with Gasteiger partial charge < -0.3 is 19.3 Å². The van der Waals surface area contributed by atoms with Crippen LogP contribution in [0.15, 0.2) is 48.7 Å². The fourth-order valence-corrected chi connectivity index (χ4v) is 5.25. The average Bonchev–Trinajstić information content (AvgIpc) is 3.72. The first-order valence-corrected chi connectivity index (χ1v) is 13.5. The van der Waals surface area contributed by atoms with Crippen molar-refractivity contribution in [1.29, 1.82) is 0 Å². The molecule has 1 fully saturated rings. The molecule has 8 heteroatoms. The highest BCUT2D eigenvalue weighted by Gasteiger charge is 2.31. The summed E-state index contributed by atoms with van der Waals surface area (Å²) in [5.41, 5.74) is 2.52. The first-order valence-electron chi connectivity index (χ1n) is 13.5. The zero-order valence-electron chi connectivity index (χ0n) is 23.7. The van der Waals surface area contributed by atoms with Crippen molar-refractivity contribution in [2.75, 3.05) is 14.2 Å². The molecule has 0 amide bonds. The van der Waals surface area contributed by atoms with Gasteiger partial charge in [0.05, 0.1) is 25.8 Å². The maximum atomic E-state index is 15.6. The van der Waals surface area contributed by atoms with E-state index in [-0.39, 0.29) is 36.2 Å². The van der Waals surface area contributed by atoms with Gasteiger partial charge in [0.1, 0.15) is 12.4 Å². The molecular weight excluding hydrogens is 516 g/mol. The normalized spacial score (nSPS) is 15.0. The summed E-state index contributed by atoms with van der Waals surface area (Å²) >= 11 is 0. The molecule has 1 saturated carbocycles. The van der Waals surface area contributed by atoms with Gasteiger partial charge in [0.25, 0.3) is 0 Å². The molecular formula is C32H37F2NO5. The molecule has 0 spiro atoms. The Kier molecular flexibility index (Phi) is 9.08. The zero-order chi connectivity index (χ0) is 29.0. The molecule has 1 aliphatic carbocycles. The highest BCUT2D eigenvalue weighted by Crippen LogP contribution is 2.43. The lowest BCUT2D eigenvalue weighted by Gasteiger charge is -2.32. The number of pyridine rings is 1. The van der Waals surface area contributed by atoms with Gasteiger partial charge >= 0.3 is 5.97 Å². The van der Waals surface area contributed by atoms with Crippen LogP contribution >= 0.6 is 0 Å². The number of nitrogens with zero attached hydrogens (tertiary/aromatic N) is 1. The van der Waals surface area contributed by atoms with Gasteiger partial charge in [-0.2, -0.15) is 0 Å². The van der Waals surface area contributed by atoms with Gasteiger partial charge in [0, 0.05) is 18.7 Å². The van der Waals surface area contributed by atoms with Crippen LogP contribution in [0.25, 0.3) is 11.1 Å². The van der Waals surface area contributed by atoms with E-state index < -0.39 is 23.5 Å². The second-order valence-corrected chi connectivity index (χ2v) is 11.5. The van der Waals surface area contributed by atoms with Crippen molar-refractivity contribution in [2.45, 2.75) is 65.1 Å². The Labute approximate surface area is 234 Å². The first-order chi connectivity index (χ1) is 19.0. The largest absolute Gasteiger partial charge is 0.486 e. The summed E-state index contributed by atoms with van der Waals surface area (Å²) in [6.45, 7) is 6.16. The van der Waals surface area contributed by atoms with Crippen LogP contribution in [0.2, 0.25) is 0 Å². The predicted octanol–water partition coefficient (Wildman–Crippen LogP) is 7.71. The van der Waals surface area contributed by atoms with Crippen molar-refractivity contribution in [2.24, 2.45) is 11.3 Å². The summed E-state index contributed by atoms with van der Waals surface area (Å²) < 4.78 is 47.6. The Hall–Kier alpha value is -3.52. The Morgan fingerprint density at radius 3 is 2.45 bits per heavy atom. The Balaban J connectivity index is 1.66. The van der Waals surface area contributed by atoms with Crippen LogP contribution in [0, 0.1) is 23.0 Å². The molecule has 1 heterocycles. The lowest BCUT2D eigenvalue weighted by Crippen LogP contribution is -2.21. The van der Waals surface area contributed by atoms with E-state index in [1.807, 2.05) is 32.9 Å². The van der Waals surface area contributed by atoms with Crippen LogP contribution in [-0.2, 0) is 16.1 Å². The second-order valence-electron chi connectivity index (χ2n) is 11.5. The average molecular weight is 554 g/mol. The van der Waals surface area contributed by atoms with Gasteiger partial charge in [-0.3, -0.25) is 4.79 Å². The number of aliphatic carboxylic acids is 1. The molecule has 2 aromatic carbocycles. The standard InChI is InChI=1S/C32H37F2NO5/c1-32(2,3)31(39-5)25-14-20(11-12-23(25)24-16-28(38-4)35-17-26(24)33)18-40-27-8-6-7-22(30(27)34)21(15-29(36)37)13-19-9-10-19/h6-8,11-12,14,16-17,19,21,31H,9-10,13,15,18H2,1-5H3,(H,36,37)/t21-,31-/m0/s1. The van der Waals surface area contributed by atoms with E-state index in [4.69, 9.17) is 14.2 Å². The molecule has 1 aliphatic rings. The van der Waals surface area contributed by atoms with Crippen LogP contribution in [0.5, 0.6) is 11.6 Å². The minimum Gasteiger partial charge on any atom is -0.486 e. The minimum absolute atomic E-state index is 0.0581. The van der Waals surface area contributed by atoms with Crippen molar-refractivity contribution >= 4 is 5.97 Å². The van der Waals surface area contributed by atoms with Crippen LogP contribution in [-0.4, -0.2) is 30.3 Å². The van der Waals surface area contributed by atoms with Crippen LogP contribution < -0.4 is 9.47 Å².